The molecule has 0 radical (unpaired) electrons. The molecule has 22 heavy (non-hydrogen) atoms. The highest BCUT2D eigenvalue weighted by Gasteiger charge is 2.15. The smallest absolute Gasteiger partial charge is 0.124 e. The summed E-state index contributed by atoms with van der Waals surface area (Å²) in [6, 6.07) is 6.91. The van der Waals surface area contributed by atoms with Gasteiger partial charge in [-0.2, -0.15) is 0 Å². The van der Waals surface area contributed by atoms with E-state index in [9.17, 15) is 5.11 Å². The van der Waals surface area contributed by atoms with Crippen LogP contribution in [0.25, 0.3) is 5.70 Å². The Hall–Kier alpha value is -2.34. The second kappa shape index (κ2) is 8.84. The highest BCUT2D eigenvalue weighted by Crippen LogP contribution is 2.23. The summed E-state index contributed by atoms with van der Waals surface area (Å²) in [7, 11) is 0. The fraction of sp³-hybridized carbons (Fsp3) is 0.375. The number of allylic oxidation sites excluding steroid dienone is 1. The van der Waals surface area contributed by atoms with E-state index in [4.69, 9.17) is 17.2 Å². The Bertz CT molecular complexity index is 529. The Balaban J connectivity index is 0.00000116. The van der Waals surface area contributed by atoms with Crippen LogP contribution in [0.2, 0.25) is 0 Å². The Labute approximate surface area is 132 Å². The third kappa shape index (κ3) is 4.60. The number of hydrogen-bond donors (Lipinski definition) is 5. The Morgan fingerprint density at radius 2 is 1.73 bits per heavy atom. The van der Waals surface area contributed by atoms with Gasteiger partial charge in [0.05, 0.1) is 5.70 Å². The molecule has 1 aliphatic heterocycles. The Morgan fingerprint density at radius 3 is 2.27 bits per heavy atom. The number of phenols is 1. The molecule has 1 heterocycles. The number of piperazine rings is 1. The summed E-state index contributed by atoms with van der Waals surface area (Å²) < 4.78 is 0. The van der Waals surface area contributed by atoms with Gasteiger partial charge in [0.2, 0.25) is 0 Å². The fourth-order valence-corrected chi connectivity index (χ4v) is 2.21. The molecule has 0 bridgehead atoms. The monoisotopic (exact) mass is 305 g/mol. The summed E-state index contributed by atoms with van der Waals surface area (Å²) in [5.41, 5.74) is 19.3. The highest BCUT2D eigenvalue weighted by molar-refractivity contribution is 5.69. The van der Waals surface area contributed by atoms with E-state index in [2.05, 4.69) is 10.2 Å². The average Bonchev–Trinajstić information content (AvgIpc) is 2.55. The van der Waals surface area contributed by atoms with Gasteiger partial charge in [0.1, 0.15) is 11.6 Å². The number of benzene rings is 1. The van der Waals surface area contributed by atoms with Gasteiger partial charge in [0, 0.05) is 37.4 Å². The molecule has 0 unspecified atom stereocenters. The fourth-order valence-electron chi connectivity index (χ4n) is 2.21. The Morgan fingerprint density at radius 1 is 1.14 bits per heavy atom. The molecule has 0 atom stereocenters. The number of aromatic hydroxyl groups is 1. The summed E-state index contributed by atoms with van der Waals surface area (Å²) in [6.45, 7) is 7.39. The van der Waals surface area contributed by atoms with E-state index in [0.717, 1.165) is 26.2 Å². The molecule has 0 amide bonds. The SMILES string of the molecule is CC.NC(N)=C(/C=C(\N)c1ccccc1O)N1CCNCC1. The second-order valence-corrected chi connectivity index (χ2v) is 4.69. The lowest BCUT2D eigenvalue weighted by atomic mass is 10.1. The number of nitrogens with two attached hydrogens (primary N) is 3. The zero-order valence-corrected chi connectivity index (χ0v) is 13.3. The lowest BCUT2D eigenvalue weighted by Crippen LogP contribution is -2.43. The maximum atomic E-state index is 9.82. The maximum Gasteiger partial charge on any atom is 0.124 e. The predicted molar refractivity (Wildman–Crippen MR) is 91.5 cm³/mol. The summed E-state index contributed by atoms with van der Waals surface area (Å²) in [5, 5.41) is 13.1. The number of hydrogen-bond acceptors (Lipinski definition) is 6. The van der Waals surface area contributed by atoms with Gasteiger partial charge >= 0.3 is 0 Å². The van der Waals surface area contributed by atoms with E-state index >= 15 is 0 Å². The number of nitrogens with one attached hydrogen (secondary N) is 1. The van der Waals surface area contributed by atoms with Gasteiger partial charge in [0.15, 0.2) is 0 Å². The van der Waals surface area contributed by atoms with Crippen LogP contribution in [0.5, 0.6) is 5.75 Å². The van der Waals surface area contributed by atoms with E-state index < -0.39 is 0 Å². The van der Waals surface area contributed by atoms with Gasteiger partial charge in [-0.3, -0.25) is 0 Å². The molecular weight excluding hydrogens is 278 g/mol. The van der Waals surface area contributed by atoms with Crippen LogP contribution in [-0.4, -0.2) is 36.2 Å². The van der Waals surface area contributed by atoms with Crippen molar-refractivity contribution in [3.63, 3.8) is 0 Å². The van der Waals surface area contributed by atoms with Gasteiger partial charge in [-0.25, -0.2) is 0 Å². The minimum absolute atomic E-state index is 0.136. The molecule has 1 aliphatic rings. The van der Waals surface area contributed by atoms with Crippen LogP contribution in [0.3, 0.4) is 0 Å². The topological polar surface area (TPSA) is 114 Å². The number of phenolic OH excluding ortho intramolecular Hbond substituents is 1. The van der Waals surface area contributed by atoms with Crippen LogP contribution >= 0.6 is 0 Å². The lowest BCUT2D eigenvalue weighted by Gasteiger charge is -2.30. The third-order valence-corrected chi connectivity index (χ3v) is 3.26. The van der Waals surface area contributed by atoms with Crippen LogP contribution in [-0.2, 0) is 0 Å². The van der Waals surface area contributed by atoms with Crippen molar-refractivity contribution in [3.05, 3.63) is 47.4 Å². The van der Waals surface area contributed by atoms with Crippen molar-refractivity contribution in [2.45, 2.75) is 13.8 Å². The van der Waals surface area contributed by atoms with Gasteiger partial charge in [-0.05, 0) is 18.2 Å². The quantitative estimate of drug-likeness (QED) is 0.526. The number of para-hydroxylation sites is 1. The van der Waals surface area contributed by atoms with Crippen molar-refractivity contribution in [2.24, 2.45) is 17.2 Å². The molecule has 6 nitrogen and oxygen atoms in total. The van der Waals surface area contributed by atoms with Crippen LogP contribution in [0.1, 0.15) is 19.4 Å². The second-order valence-electron chi connectivity index (χ2n) is 4.69. The molecular formula is C16H27N5O. The molecule has 2 rings (SSSR count). The predicted octanol–water partition coefficient (Wildman–Crippen LogP) is 0.710. The van der Waals surface area contributed by atoms with Crippen molar-refractivity contribution >= 4 is 5.70 Å². The van der Waals surface area contributed by atoms with E-state index in [1.807, 2.05) is 19.9 Å². The molecule has 1 aromatic carbocycles. The number of rotatable bonds is 3. The summed E-state index contributed by atoms with van der Waals surface area (Å²) in [4.78, 5) is 2.08. The first-order chi connectivity index (χ1) is 10.6. The van der Waals surface area contributed by atoms with Crippen LogP contribution in [0.15, 0.2) is 41.9 Å². The molecule has 0 spiro atoms. The largest absolute Gasteiger partial charge is 0.507 e. The summed E-state index contributed by atoms with van der Waals surface area (Å²) in [6.07, 6.45) is 1.72. The van der Waals surface area contributed by atoms with E-state index in [1.165, 1.54) is 0 Å². The molecule has 122 valence electrons. The van der Waals surface area contributed by atoms with Gasteiger partial charge in [-0.15, -0.1) is 0 Å². The zero-order chi connectivity index (χ0) is 16.5. The molecule has 1 saturated heterocycles. The third-order valence-electron chi connectivity index (χ3n) is 3.26. The van der Waals surface area contributed by atoms with E-state index in [-0.39, 0.29) is 11.6 Å². The molecule has 1 aromatic rings. The molecule has 8 N–H and O–H groups in total. The molecule has 0 aromatic heterocycles. The highest BCUT2D eigenvalue weighted by atomic mass is 16.3. The van der Waals surface area contributed by atoms with Crippen LogP contribution in [0, 0.1) is 0 Å². The first kappa shape index (κ1) is 17.7. The molecule has 6 heteroatoms. The normalized spacial score (nSPS) is 14.8. The van der Waals surface area contributed by atoms with E-state index in [1.54, 1.807) is 24.3 Å². The molecule has 0 saturated carbocycles. The van der Waals surface area contributed by atoms with Crippen molar-refractivity contribution in [1.82, 2.24) is 10.2 Å². The van der Waals surface area contributed by atoms with Gasteiger partial charge in [0.25, 0.3) is 0 Å². The lowest BCUT2D eigenvalue weighted by molar-refractivity contribution is 0.304. The molecule has 1 fully saturated rings. The average molecular weight is 305 g/mol. The van der Waals surface area contributed by atoms with Crippen molar-refractivity contribution < 1.29 is 5.11 Å². The van der Waals surface area contributed by atoms with Gasteiger partial charge in [-0.1, -0.05) is 26.0 Å². The van der Waals surface area contributed by atoms with Gasteiger partial charge < -0.3 is 32.5 Å². The minimum atomic E-state index is 0.136. The van der Waals surface area contributed by atoms with Crippen molar-refractivity contribution in [1.29, 1.82) is 0 Å². The van der Waals surface area contributed by atoms with Crippen LogP contribution < -0.4 is 22.5 Å². The zero-order valence-electron chi connectivity index (χ0n) is 13.3. The Kier molecular flexibility index (Phi) is 7.12. The minimum Gasteiger partial charge on any atom is -0.507 e. The first-order valence-corrected chi connectivity index (χ1v) is 7.56. The summed E-state index contributed by atoms with van der Waals surface area (Å²) in [5.74, 6) is 0.363. The number of nitrogens with zero attached hydrogens (tertiary/aromatic N) is 1. The summed E-state index contributed by atoms with van der Waals surface area (Å²) >= 11 is 0. The van der Waals surface area contributed by atoms with Crippen LogP contribution in [0.4, 0.5) is 0 Å². The van der Waals surface area contributed by atoms with Crippen molar-refractivity contribution in [3.8, 4) is 5.75 Å². The molecule has 0 aliphatic carbocycles. The first-order valence-electron chi connectivity index (χ1n) is 7.56. The maximum absolute atomic E-state index is 9.82. The standard InChI is InChI=1S/C14H21N5O.C2H6/c15-11(10-3-1-2-4-13(10)20)9-12(14(16)17)19-7-5-18-6-8-19;1-2/h1-4,9,18,20H,5-8,15-17H2;1-2H3/b11-9-;. The van der Waals surface area contributed by atoms with E-state index in [0.29, 0.717) is 17.0 Å². The van der Waals surface area contributed by atoms with Crippen molar-refractivity contribution in [2.75, 3.05) is 26.2 Å².